The van der Waals surface area contributed by atoms with Gasteiger partial charge in [-0.3, -0.25) is 4.79 Å². The van der Waals surface area contributed by atoms with Crippen LogP contribution in [0.2, 0.25) is 0 Å². The number of aliphatic hydroxyl groups is 1. The fourth-order valence-electron chi connectivity index (χ4n) is 1.71. The van der Waals surface area contributed by atoms with Gasteiger partial charge < -0.3 is 15.2 Å². The standard InChI is InChI=1S/C10H17F2NO3/c1-9(11,12)6-8(15)13-10(7-14)2-4-16-5-3-10/h14H,2-7H2,1H3,(H,13,15). The third kappa shape index (κ3) is 4.02. The molecule has 0 bridgehead atoms. The largest absolute Gasteiger partial charge is 0.394 e. The smallest absolute Gasteiger partial charge is 0.254 e. The average molecular weight is 237 g/mol. The molecule has 1 heterocycles. The molecule has 0 aromatic rings. The van der Waals surface area contributed by atoms with Crippen molar-refractivity contribution in [1.82, 2.24) is 5.32 Å². The van der Waals surface area contributed by atoms with Gasteiger partial charge in [0.15, 0.2) is 0 Å². The molecule has 0 aromatic heterocycles. The highest BCUT2D eigenvalue weighted by molar-refractivity contribution is 5.77. The van der Waals surface area contributed by atoms with Crippen molar-refractivity contribution in [1.29, 1.82) is 0 Å². The third-order valence-corrected chi connectivity index (χ3v) is 2.63. The van der Waals surface area contributed by atoms with Crippen LogP contribution >= 0.6 is 0 Å². The summed E-state index contributed by atoms with van der Waals surface area (Å²) in [6, 6.07) is 0. The van der Waals surface area contributed by atoms with E-state index >= 15 is 0 Å². The molecule has 1 aliphatic heterocycles. The summed E-state index contributed by atoms with van der Waals surface area (Å²) in [6.07, 6.45) is 0.0463. The number of rotatable bonds is 4. The molecule has 4 nitrogen and oxygen atoms in total. The van der Waals surface area contributed by atoms with Crippen molar-refractivity contribution in [3.05, 3.63) is 0 Å². The minimum atomic E-state index is -3.02. The Bertz CT molecular complexity index is 247. The molecule has 0 spiro atoms. The quantitative estimate of drug-likeness (QED) is 0.756. The van der Waals surface area contributed by atoms with E-state index in [0.717, 1.165) is 0 Å². The lowest BCUT2D eigenvalue weighted by molar-refractivity contribution is -0.131. The molecule has 0 radical (unpaired) electrons. The third-order valence-electron chi connectivity index (χ3n) is 2.63. The van der Waals surface area contributed by atoms with Crippen molar-refractivity contribution >= 4 is 5.91 Å². The number of ether oxygens (including phenoxy) is 1. The normalized spacial score (nSPS) is 20.5. The highest BCUT2D eigenvalue weighted by Crippen LogP contribution is 2.22. The maximum absolute atomic E-state index is 12.6. The average Bonchev–Trinajstić information content (AvgIpc) is 2.16. The van der Waals surface area contributed by atoms with Gasteiger partial charge in [-0.2, -0.15) is 0 Å². The monoisotopic (exact) mass is 237 g/mol. The lowest BCUT2D eigenvalue weighted by Crippen LogP contribution is -2.55. The second-order valence-electron chi connectivity index (χ2n) is 4.35. The molecule has 94 valence electrons. The number of halogens is 2. The van der Waals surface area contributed by atoms with E-state index in [1.54, 1.807) is 0 Å². The van der Waals surface area contributed by atoms with Crippen molar-refractivity contribution in [2.45, 2.75) is 37.6 Å². The molecule has 0 aliphatic carbocycles. The SMILES string of the molecule is CC(F)(F)CC(=O)NC1(CO)CCOCC1. The van der Waals surface area contributed by atoms with Crippen LogP contribution in [0, 0.1) is 0 Å². The topological polar surface area (TPSA) is 58.6 Å². The second-order valence-corrected chi connectivity index (χ2v) is 4.35. The molecule has 1 fully saturated rings. The van der Waals surface area contributed by atoms with Gasteiger partial charge in [0.05, 0.1) is 18.6 Å². The number of amides is 1. The molecule has 1 saturated heterocycles. The molecule has 2 N–H and O–H groups in total. The molecular formula is C10H17F2NO3. The van der Waals surface area contributed by atoms with Crippen LogP contribution in [-0.2, 0) is 9.53 Å². The van der Waals surface area contributed by atoms with Gasteiger partial charge in [0.1, 0.15) is 0 Å². The lowest BCUT2D eigenvalue weighted by atomic mass is 9.90. The Balaban J connectivity index is 2.52. The van der Waals surface area contributed by atoms with Gasteiger partial charge in [0, 0.05) is 13.2 Å². The number of aliphatic hydroxyl groups excluding tert-OH is 1. The summed E-state index contributed by atoms with van der Waals surface area (Å²) < 4.78 is 30.3. The highest BCUT2D eigenvalue weighted by atomic mass is 19.3. The van der Waals surface area contributed by atoms with E-state index in [0.29, 0.717) is 33.0 Å². The molecule has 6 heteroatoms. The van der Waals surface area contributed by atoms with Gasteiger partial charge in [-0.05, 0) is 19.8 Å². The van der Waals surface area contributed by atoms with Crippen molar-refractivity contribution in [3.8, 4) is 0 Å². The molecular weight excluding hydrogens is 220 g/mol. The van der Waals surface area contributed by atoms with Crippen LogP contribution in [0.1, 0.15) is 26.2 Å². The lowest BCUT2D eigenvalue weighted by Gasteiger charge is -2.36. The number of carbonyl (C=O) groups is 1. The van der Waals surface area contributed by atoms with Crippen LogP contribution in [0.5, 0.6) is 0 Å². The zero-order chi connectivity index (χ0) is 12.2. The van der Waals surface area contributed by atoms with Gasteiger partial charge in [-0.1, -0.05) is 0 Å². The first-order chi connectivity index (χ1) is 7.37. The van der Waals surface area contributed by atoms with Crippen LogP contribution < -0.4 is 5.32 Å². The van der Waals surface area contributed by atoms with E-state index in [4.69, 9.17) is 4.74 Å². The molecule has 0 unspecified atom stereocenters. The van der Waals surface area contributed by atoms with E-state index in [-0.39, 0.29) is 6.61 Å². The van der Waals surface area contributed by atoms with Gasteiger partial charge in [0.2, 0.25) is 5.91 Å². The summed E-state index contributed by atoms with van der Waals surface area (Å²) in [5.41, 5.74) is -0.791. The zero-order valence-electron chi connectivity index (χ0n) is 9.26. The van der Waals surface area contributed by atoms with E-state index < -0.39 is 23.8 Å². The number of carbonyl (C=O) groups excluding carboxylic acids is 1. The fourth-order valence-corrected chi connectivity index (χ4v) is 1.71. The number of hydrogen-bond acceptors (Lipinski definition) is 3. The van der Waals surface area contributed by atoms with Crippen LogP contribution in [-0.4, -0.2) is 42.3 Å². The van der Waals surface area contributed by atoms with Crippen LogP contribution in [0.25, 0.3) is 0 Å². The maximum atomic E-state index is 12.6. The Kier molecular flexibility index (Phi) is 4.21. The van der Waals surface area contributed by atoms with E-state index in [1.165, 1.54) is 0 Å². The molecule has 0 aromatic carbocycles. The Morgan fingerprint density at radius 2 is 2.06 bits per heavy atom. The fraction of sp³-hybridized carbons (Fsp3) is 0.900. The summed E-state index contributed by atoms with van der Waals surface area (Å²) in [7, 11) is 0. The maximum Gasteiger partial charge on any atom is 0.254 e. The first-order valence-electron chi connectivity index (χ1n) is 5.24. The molecule has 0 atom stereocenters. The summed E-state index contributed by atoms with van der Waals surface area (Å²) in [5, 5.41) is 11.7. The molecule has 1 aliphatic rings. The Morgan fingerprint density at radius 3 is 2.50 bits per heavy atom. The first kappa shape index (κ1) is 13.3. The summed E-state index contributed by atoms with van der Waals surface area (Å²) in [6.45, 7) is 1.28. The van der Waals surface area contributed by atoms with Crippen molar-refractivity contribution < 1.29 is 23.4 Å². The van der Waals surface area contributed by atoms with Crippen LogP contribution in [0.4, 0.5) is 8.78 Å². The second kappa shape index (κ2) is 5.05. The Labute approximate surface area is 93.0 Å². The van der Waals surface area contributed by atoms with Crippen LogP contribution in [0.15, 0.2) is 0 Å². The Morgan fingerprint density at radius 1 is 1.50 bits per heavy atom. The van der Waals surface area contributed by atoms with Crippen LogP contribution in [0.3, 0.4) is 0 Å². The minimum Gasteiger partial charge on any atom is -0.394 e. The summed E-state index contributed by atoms with van der Waals surface area (Å²) in [4.78, 5) is 11.3. The minimum absolute atomic E-state index is 0.253. The number of alkyl halides is 2. The van der Waals surface area contributed by atoms with E-state index in [1.807, 2.05) is 0 Å². The molecule has 1 rings (SSSR count). The molecule has 0 saturated carbocycles. The van der Waals surface area contributed by atoms with E-state index in [9.17, 15) is 18.7 Å². The summed E-state index contributed by atoms with van der Waals surface area (Å²) in [5.74, 6) is -3.75. The van der Waals surface area contributed by atoms with Gasteiger partial charge >= 0.3 is 0 Å². The van der Waals surface area contributed by atoms with Crippen molar-refractivity contribution in [3.63, 3.8) is 0 Å². The zero-order valence-corrected chi connectivity index (χ0v) is 9.26. The predicted molar refractivity (Wildman–Crippen MR) is 53.3 cm³/mol. The summed E-state index contributed by atoms with van der Waals surface area (Å²) >= 11 is 0. The van der Waals surface area contributed by atoms with E-state index in [2.05, 4.69) is 5.32 Å². The highest BCUT2D eigenvalue weighted by Gasteiger charge is 2.35. The number of nitrogens with one attached hydrogen (secondary N) is 1. The van der Waals surface area contributed by atoms with Gasteiger partial charge in [-0.25, -0.2) is 8.78 Å². The number of hydrogen-bond donors (Lipinski definition) is 2. The van der Waals surface area contributed by atoms with Gasteiger partial charge in [0.25, 0.3) is 5.92 Å². The first-order valence-corrected chi connectivity index (χ1v) is 5.24. The van der Waals surface area contributed by atoms with Crippen molar-refractivity contribution in [2.24, 2.45) is 0 Å². The predicted octanol–water partition coefficient (Wildman–Crippen LogP) is 0.689. The van der Waals surface area contributed by atoms with Crippen molar-refractivity contribution in [2.75, 3.05) is 19.8 Å². The molecule has 16 heavy (non-hydrogen) atoms. The molecule has 1 amide bonds. The Hall–Kier alpha value is -0.750. The van der Waals surface area contributed by atoms with Gasteiger partial charge in [-0.15, -0.1) is 0 Å².